The molecule has 3 heterocycles. The molecule has 1 saturated heterocycles. The molecule has 0 unspecified atom stereocenters. The van der Waals surface area contributed by atoms with Crippen LogP contribution in [0.2, 0.25) is 0 Å². The van der Waals surface area contributed by atoms with Gasteiger partial charge in [-0.15, -0.1) is 15.3 Å². The van der Waals surface area contributed by atoms with Crippen LogP contribution in [0.1, 0.15) is 52.8 Å². The molecular weight excluding hydrogens is 300 g/mol. The molecule has 24 heavy (non-hydrogen) atoms. The van der Waals surface area contributed by atoms with Crippen LogP contribution in [-0.4, -0.2) is 50.9 Å². The number of hydrogen-bond donors (Lipinski definition) is 1. The second-order valence-corrected chi connectivity index (χ2v) is 8.07. The highest BCUT2D eigenvalue weighted by Crippen LogP contribution is 2.20. The SMILES string of the molecule is CC1CCN(CCCNc2ccc3nnc(C(C)(C)C)n3n2)CC1. The number of likely N-dealkylation sites (tertiary alicyclic amines) is 1. The molecule has 6 heteroatoms. The first-order valence-corrected chi connectivity index (χ1v) is 9.12. The van der Waals surface area contributed by atoms with Gasteiger partial charge in [0, 0.05) is 12.0 Å². The van der Waals surface area contributed by atoms with E-state index in [1.165, 1.54) is 32.5 Å². The molecule has 1 aliphatic heterocycles. The lowest BCUT2D eigenvalue weighted by Crippen LogP contribution is -2.34. The first kappa shape index (κ1) is 17.1. The van der Waals surface area contributed by atoms with Crippen LogP contribution in [0.3, 0.4) is 0 Å². The van der Waals surface area contributed by atoms with Crippen LogP contribution in [0.5, 0.6) is 0 Å². The van der Waals surface area contributed by atoms with Crippen molar-refractivity contribution >= 4 is 11.5 Å². The third-order valence-corrected chi connectivity index (χ3v) is 4.77. The predicted octanol–water partition coefficient (Wildman–Crippen LogP) is 2.96. The summed E-state index contributed by atoms with van der Waals surface area (Å²) in [5, 5.41) is 16.6. The number of aromatic nitrogens is 4. The van der Waals surface area contributed by atoms with Gasteiger partial charge in [0.25, 0.3) is 0 Å². The van der Waals surface area contributed by atoms with Gasteiger partial charge in [0.15, 0.2) is 11.5 Å². The second kappa shape index (κ2) is 7.05. The van der Waals surface area contributed by atoms with Crippen LogP contribution in [0.15, 0.2) is 12.1 Å². The summed E-state index contributed by atoms with van der Waals surface area (Å²) in [7, 11) is 0. The lowest BCUT2D eigenvalue weighted by atomic mass is 9.96. The monoisotopic (exact) mass is 330 g/mol. The standard InChI is InChI=1S/C18H30N6/c1-14-8-12-23(13-9-14)11-5-10-19-15-6-7-16-20-21-17(18(2,3)4)24(16)22-15/h6-7,14H,5,8-13H2,1-4H3,(H,19,22). The molecule has 3 rings (SSSR count). The van der Waals surface area contributed by atoms with Crippen molar-refractivity contribution in [1.29, 1.82) is 0 Å². The number of nitrogens with zero attached hydrogens (tertiary/aromatic N) is 5. The Morgan fingerprint density at radius 1 is 1.17 bits per heavy atom. The van der Waals surface area contributed by atoms with E-state index >= 15 is 0 Å². The zero-order valence-electron chi connectivity index (χ0n) is 15.4. The molecule has 1 fully saturated rings. The fraction of sp³-hybridized carbons (Fsp3) is 0.722. The van der Waals surface area contributed by atoms with Gasteiger partial charge in [-0.05, 0) is 56.9 Å². The second-order valence-electron chi connectivity index (χ2n) is 8.07. The van der Waals surface area contributed by atoms with Gasteiger partial charge in [0.2, 0.25) is 0 Å². The average molecular weight is 330 g/mol. The van der Waals surface area contributed by atoms with E-state index in [0.29, 0.717) is 0 Å². The van der Waals surface area contributed by atoms with Crippen molar-refractivity contribution in [3.63, 3.8) is 0 Å². The van der Waals surface area contributed by atoms with Crippen molar-refractivity contribution < 1.29 is 0 Å². The molecule has 0 atom stereocenters. The largest absolute Gasteiger partial charge is 0.369 e. The molecule has 1 N–H and O–H groups in total. The Morgan fingerprint density at radius 3 is 2.62 bits per heavy atom. The van der Waals surface area contributed by atoms with Crippen molar-refractivity contribution in [2.24, 2.45) is 5.92 Å². The van der Waals surface area contributed by atoms with Crippen molar-refractivity contribution in [3.8, 4) is 0 Å². The minimum absolute atomic E-state index is 0.0730. The molecule has 6 nitrogen and oxygen atoms in total. The van der Waals surface area contributed by atoms with E-state index in [4.69, 9.17) is 0 Å². The highest BCUT2D eigenvalue weighted by atomic mass is 15.4. The molecule has 0 bridgehead atoms. The van der Waals surface area contributed by atoms with Crippen LogP contribution in [-0.2, 0) is 5.41 Å². The minimum atomic E-state index is -0.0730. The van der Waals surface area contributed by atoms with Gasteiger partial charge in [-0.25, -0.2) is 0 Å². The summed E-state index contributed by atoms with van der Waals surface area (Å²) in [5.41, 5.74) is 0.726. The van der Waals surface area contributed by atoms with Crippen molar-refractivity contribution in [2.75, 3.05) is 31.5 Å². The van der Waals surface area contributed by atoms with Gasteiger partial charge in [-0.3, -0.25) is 0 Å². The molecule has 2 aromatic rings. The molecule has 0 saturated carbocycles. The number of anilines is 1. The van der Waals surface area contributed by atoms with Crippen LogP contribution in [0, 0.1) is 5.92 Å². The van der Waals surface area contributed by atoms with Crippen LogP contribution in [0.4, 0.5) is 5.82 Å². The Morgan fingerprint density at radius 2 is 1.92 bits per heavy atom. The lowest BCUT2D eigenvalue weighted by molar-refractivity contribution is 0.192. The smallest absolute Gasteiger partial charge is 0.178 e. The molecule has 1 aliphatic rings. The van der Waals surface area contributed by atoms with E-state index in [0.717, 1.165) is 36.2 Å². The Bertz CT molecular complexity index is 664. The van der Waals surface area contributed by atoms with Crippen molar-refractivity contribution in [2.45, 2.75) is 52.4 Å². The van der Waals surface area contributed by atoms with E-state index in [1.54, 1.807) is 0 Å². The fourth-order valence-corrected chi connectivity index (χ4v) is 3.16. The topological polar surface area (TPSA) is 58.3 Å². The highest BCUT2D eigenvalue weighted by Gasteiger charge is 2.21. The summed E-state index contributed by atoms with van der Waals surface area (Å²) in [6, 6.07) is 3.96. The zero-order valence-corrected chi connectivity index (χ0v) is 15.4. The number of hydrogen-bond acceptors (Lipinski definition) is 5. The first-order chi connectivity index (χ1) is 11.4. The zero-order chi connectivity index (χ0) is 17.2. The predicted molar refractivity (Wildman–Crippen MR) is 97.4 cm³/mol. The van der Waals surface area contributed by atoms with E-state index in [2.05, 4.69) is 53.2 Å². The maximum absolute atomic E-state index is 4.66. The van der Waals surface area contributed by atoms with Gasteiger partial charge in [0.1, 0.15) is 5.82 Å². The van der Waals surface area contributed by atoms with E-state index in [1.807, 2.05) is 16.6 Å². The molecule has 132 valence electrons. The van der Waals surface area contributed by atoms with Gasteiger partial charge in [-0.1, -0.05) is 27.7 Å². The minimum Gasteiger partial charge on any atom is -0.369 e. The van der Waals surface area contributed by atoms with E-state index in [9.17, 15) is 0 Å². The number of rotatable bonds is 5. The Hall–Kier alpha value is -1.69. The third-order valence-electron chi connectivity index (χ3n) is 4.77. The van der Waals surface area contributed by atoms with Crippen molar-refractivity contribution in [1.82, 2.24) is 24.7 Å². The number of piperidine rings is 1. The highest BCUT2D eigenvalue weighted by molar-refractivity contribution is 5.44. The number of fused-ring (bicyclic) bond motifs is 1. The van der Waals surface area contributed by atoms with Crippen LogP contribution < -0.4 is 5.32 Å². The Labute approximate surface area is 144 Å². The Kier molecular flexibility index (Phi) is 5.04. The van der Waals surface area contributed by atoms with Crippen molar-refractivity contribution in [3.05, 3.63) is 18.0 Å². The lowest BCUT2D eigenvalue weighted by Gasteiger charge is -2.30. The van der Waals surface area contributed by atoms with Crippen LogP contribution in [0.25, 0.3) is 5.65 Å². The summed E-state index contributed by atoms with van der Waals surface area (Å²) in [6.07, 6.45) is 3.83. The molecular formula is C18H30N6. The first-order valence-electron chi connectivity index (χ1n) is 9.12. The Balaban J connectivity index is 1.54. The number of nitrogens with one attached hydrogen (secondary N) is 1. The van der Waals surface area contributed by atoms with Gasteiger partial charge >= 0.3 is 0 Å². The van der Waals surface area contributed by atoms with Gasteiger partial charge < -0.3 is 10.2 Å². The molecule has 0 amide bonds. The molecule has 2 aromatic heterocycles. The fourth-order valence-electron chi connectivity index (χ4n) is 3.16. The summed E-state index contributed by atoms with van der Waals surface area (Å²) < 4.78 is 1.86. The summed E-state index contributed by atoms with van der Waals surface area (Å²) in [6.45, 7) is 13.4. The van der Waals surface area contributed by atoms with E-state index in [-0.39, 0.29) is 5.41 Å². The maximum Gasteiger partial charge on any atom is 0.178 e. The van der Waals surface area contributed by atoms with Crippen LogP contribution >= 0.6 is 0 Å². The molecule has 0 radical (unpaired) electrons. The average Bonchev–Trinajstić information content (AvgIpc) is 2.96. The molecule has 0 aliphatic carbocycles. The van der Waals surface area contributed by atoms with Gasteiger partial charge in [-0.2, -0.15) is 4.52 Å². The molecule has 0 spiro atoms. The normalized spacial score (nSPS) is 17.5. The van der Waals surface area contributed by atoms with Gasteiger partial charge in [0.05, 0.1) is 0 Å². The maximum atomic E-state index is 4.66. The molecule has 0 aromatic carbocycles. The summed E-state index contributed by atoms with van der Waals surface area (Å²) in [5.74, 6) is 2.68. The summed E-state index contributed by atoms with van der Waals surface area (Å²) in [4.78, 5) is 2.58. The quantitative estimate of drug-likeness (QED) is 0.854. The van der Waals surface area contributed by atoms with E-state index < -0.39 is 0 Å². The summed E-state index contributed by atoms with van der Waals surface area (Å²) >= 11 is 0. The third kappa shape index (κ3) is 4.04.